The number of benzene rings is 1. The number of nitrogens with two attached hydrogens (primary N) is 1. The Kier molecular flexibility index (Phi) is 7.62. The highest BCUT2D eigenvalue weighted by molar-refractivity contribution is 7.89. The maximum Gasteiger partial charge on any atom is 0.245 e. The number of halogens is 2. The van der Waals surface area contributed by atoms with Crippen LogP contribution in [0.5, 0.6) is 11.5 Å². The third-order valence-corrected chi connectivity index (χ3v) is 6.52. The molecule has 6 nitrogen and oxygen atoms in total. The van der Waals surface area contributed by atoms with Crippen LogP contribution in [-0.4, -0.2) is 45.6 Å². The molecule has 1 aromatic rings. The van der Waals surface area contributed by atoms with Crippen LogP contribution in [0.2, 0.25) is 5.02 Å². The van der Waals surface area contributed by atoms with Crippen molar-refractivity contribution >= 4 is 34.0 Å². The molecule has 138 valence electrons. The molecule has 2 N–H and O–H groups in total. The van der Waals surface area contributed by atoms with Crippen molar-refractivity contribution in [2.45, 2.75) is 43.2 Å². The second-order valence-electron chi connectivity index (χ2n) is 5.68. The molecule has 2 atom stereocenters. The zero-order valence-electron chi connectivity index (χ0n) is 14.0. The van der Waals surface area contributed by atoms with E-state index in [2.05, 4.69) is 0 Å². The quantitative estimate of drug-likeness (QED) is 0.823. The van der Waals surface area contributed by atoms with E-state index >= 15 is 0 Å². The van der Waals surface area contributed by atoms with Crippen molar-refractivity contribution < 1.29 is 17.9 Å². The standard InChI is InChI=1S/C15H23ClN2O4S.ClH/c1-10(17)12-6-4-5-7-18(12)23(19,20)15-9-14(22-3)13(21-2)8-11(15)16;/h8-10,12H,4-7,17H2,1-3H3;1H. The van der Waals surface area contributed by atoms with Crippen molar-refractivity contribution in [3.05, 3.63) is 17.2 Å². The second kappa shape index (κ2) is 8.58. The van der Waals surface area contributed by atoms with Gasteiger partial charge in [0.05, 0.1) is 19.2 Å². The Labute approximate surface area is 154 Å². The summed E-state index contributed by atoms with van der Waals surface area (Å²) in [5.41, 5.74) is 5.99. The Morgan fingerprint density at radius 1 is 1.25 bits per heavy atom. The van der Waals surface area contributed by atoms with Crippen LogP contribution in [0, 0.1) is 0 Å². The highest BCUT2D eigenvalue weighted by Crippen LogP contribution is 2.38. The Hall–Kier alpha value is -0.730. The number of sulfonamides is 1. The van der Waals surface area contributed by atoms with E-state index in [9.17, 15) is 8.42 Å². The molecular formula is C15H24Cl2N2O4S. The summed E-state index contributed by atoms with van der Waals surface area (Å²) in [5, 5.41) is 0.108. The van der Waals surface area contributed by atoms with Gasteiger partial charge < -0.3 is 15.2 Å². The van der Waals surface area contributed by atoms with Gasteiger partial charge in [-0.3, -0.25) is 0 Å². The average Bonchev–Trinajstić information content (AvgIpc) is 2.54. The summed E-state index contributed by atoms with van der Waals surface area (Å²) >= 11 is 6.20. The van der Waals surface area contributed by atoms with Crippen molar-refractivity contribution in [2.24, 2.45) is 5.73 Å². The van der Waals surface area contributed by atoms with Crippen LogP contribution in [0.4, 0.5) is 0 Å². The first-order valence-corrected chi connectivity index (χ1v) is 9.33. The Balaban J connectivity index is 0.00000288. The molecule has 0 bridgehead atoms. The van der Waals surface area contributed by atoms with Gasteiger partial charge in [0.2, 0.25) is 10.0 Å². The third kappa shape index (κ3) is 4.08. The number of hydrogen-bond acceptors (Lipinski definition) is 5. The van der Waals surface area contributed by atoms with Gasteiger partial charge in [-0.25, -0.2) is 8.42 Å². The number of rotatable bonds is 5. The molecule has 1 fully saturated rings. The van der Waals surface area contributed by atoms with E-state index in [0.29, 0.717) is 18.0 Å². The van der Waals surface area contributed by atoms with Crippen LogP contribution >= 0.6 is 24.0 Å². The first-order chi connectivity index (χ1) is 10.8. The molecule has 0 spiro atoms. The molecule has 0 aromatic heterocycles. The number of piperidine rings is 1. The normalized spacial score (nSPS) is 20.1. The van der Waals surface area contributed by atoms with Crippen molar-refractivity contribution in [1.82, 2.24) is 4.31 Å². The molecule has 0 aliphatic carbocycles. The Bertz CT molecular complexity index is 668. The van der Waals surface area contributed by atoms with Gasteiger partial charge >= 0.3 is 0 Å². The minimum absolute atomic E-state index is 0. The van der Waals surface area contributed by atoms with Crippen molar-refractivity contribution in [1.29, 1.82) is 0 Å². The molecule has 2 rings (SSSR count). The SMILES string of the molecule is COc1cc(Cl)c(S(=O)(=O)N2CCCCC2C(C)N)cc1OC.Cl. The van der Waals surface area contributed by atoms with Crippen molar-refractivity contribution in [2.75, 3.05) is 20.8 Å². The molecule has 0 radical (unpaired) electrons. The van der Waals surface area contributed by atoms with Crippen molar-refractivity contribution in [3.63, 3.8) is 0 Å². The molecule has 0 saturated carbocycles. The van der Waals surface area contributed by atoms with E-state index in [-0.39, 0.29) is 34.4 Å². The maximum absolute atomic E-state index is 13.1. The Morgan fingerprint density at radius 3 is 2.38 bits per heavy atom. The van der Waals surface area contributed by atoms with E-state index in [4.69, 9.17) is 26.8 Å². The summed E-state index contributed by atoms with van der Waals surface area (Å²) < 4.78 is 38.0. The van der Waals surface area contributed by atoms with E-state index < -0.39 is 10.0 Å². The topological polar surface area (TPSA) is 81.9 Å². The van der Waals surface area contributed by atoms with Crippen LogP contribution < -0.4 is 15.2 Å². The van der Waals surface area contributed by atoms with E-state index in [1.165, 1.54) is 30.7 Å². The lowest BCUT2D eigenvalue weighted by molar-refractivity contribution is 0.227. The van der Waals surface area contributed by atoms with Crippen molar-refractivity contribution in [3.8, 4) is 11.5 Å². The summed E-state index contributed by atoms with van der Waals surface area (Å²) in [6, 6.07) is 2.39. The molecule has 1 saturated heterocycles. The second-order valence-corrected chi connectivity index (χ2v) is 7.94. The van der Waals surface area contributed by atoms with E-state index in [1.54, 1.807) is 0 Å². The predicted octanol–water partition coefficient (Wildman–Crippen LogP) is 2.67. The molecule has 1 heterocycles. The zero-order valence-corrected chi connectivity index (χ0v) is 16.4. The molecule has 9 heteroatoms. The summed E-state index contributed by atoms with van der Waals surface area (Å²) in [4.78, 5) is 0.0179. The summed E-state index contributed by atoms with van der Waals surface area (Å²) in [5.74, 6) is 0.712. The minimum atomic E-state index is -3.76. The van der Waals surface area contributed by atoms with Crippen LogP contribution in [0.3, 0.4) is 0 Å². The average molecular weight is 399 g/mol. The highest BCUT2D eigenvalue weighted by atomic mass is 35.5. The van der Waals surface area contributed by atoms with Gasteiger partial charge in [0.25, 0.3) is 0 Å². The number of ether oxygens (including phenoxy) is 2. The van der Waals surface area contributed by atoms with Gasteiger partial charge in [0, 0.05) is 30.8 Å². The fourth-order valence-corrected chi connectivity index (χ4v) is 5.20. The predicted molar refractivity (Wildman–Crippen MR) is 97.0 cm³/mol. The van der Waals surface area contributed by atoms with E-state index in [1.807, 2.05) is 6.92 Å². The number of hydrogen-bond donors (Lipinski definition) is 1. The fourth-order valence-electron chi connectivity index (χ4n) is 2.91. The number of methoxy groups -OCH3 is 2. The maximum atomic E-state index is 13.1. The number of nitrogens with zero attached hydrogens (tertiary/aromatic N) is 1. The molecule has 0 amide bonds. The molecule has 1 aliphatic heterocycles. The molecule has 1 aliphatic rings. The summed E-state index contributed by atoms with van der Waals surface area (Å²) in [6.07, 6.45) is 2.53. The minimum Gasteiger partial charge on any atom is -0.493 e. The highest BCUT2D eigenvalue weighted by Gasteiger charge is 2.37. The largest absolute Gasteiger partial charge is 0.493 e. The van der Waals surface area contributed by atoms with Crippen LogP contribution in [0.15, 0.2) is 17.0 Å². The lowest BCUT2D eigenvalue weighted by Crippen LogP contribution is -2.51. The molecule has 2 unspecified atom stereocenters. The Morgan fingerprint density at radius 2 is 1.83 bits per heavy atom. The van der Waals surface area contributed by atoms with E-state index in [0.717, 1.165) is 19.3 Å². The molecular weight excluding hydrogens is 375 g/mol. The van der Waals surface area contributed by atoms with Gasteiger partial charge in [-0.05, 0) is 19.8 Å². The first kappa shape index (κ1) is 21.3. The van der Waals surface area contributed by atoms with Gasteiger partial charge in [0.15, 0.2) is 11.5 Å². The molecule has 1 aromatic carbocycles. The van der Waals surface area contributed by atoms with Crippen LogP contribution in [-0.2, 0) is 10.0 Å². The lowest BCUT2D eigenvalue weighted by Gasteiger charge is -2.37. The first-order valence-electron chi connectivity index (χ1n) is 7.52. The third-order valence-electron chi connectivity index (χ3n) is 4.13. The zero-order chi connectivity index (χ0) is 17.2. The molecule has 24 heavy (non-hydrogen) atoms. The van der Waals surface area contributed by atoms with Gasteiger partial charge in [-0.15, -0.1) is 12.4 Å². The summed E-state index contributed by atoms with van der Waals surface area (Å²) in [7, 11) is -0.835. The lowest BCUT2D eigenvalue weighted by atomic mass is 10.00. The fraction of sp³-hybridized carbons (Fsp3) is 0.600. The van der Waals surface area contributed by atoms with Crippen LogP contribution in [0.1, 0.15) is 26.2 Å². The van der Waals surface area contributed by atoms with Gasteiger partial charge in [-0.2, -0.15) is 4.31 Å². The monoisotopic (exact) mass is 398 g/mol. The van der Waals surface area contributed by atoms with Gasteiger partial charge in [0.1, 0.15) is 4.90 Å². The summed E-state index contributed by atoms with van der Waals surface area (Å²) in [6.45, 7) is 2.27. The van der Waals surface area contributed by atoms with Gasteiger partial charge in [-0.1, -0.05) is 18.0 Å². The smallest absolute Gasteiger partial charge is 0.245 e. The van der Waals surface area contributed by atoms with Crippen LogP contribution in [0.25, 0.3) is 0 Å².